The van der Waals surface area contributed by atoms with E-state index >= 15 is 0 Å². The van der Waals surface area contributed by atoms with Crippen LogP contribution in [0.4, 0.5) is 5.69 Å². The summed E-state index contributed by atoms with van der Waals surface area (Å²) in [6.07, 6.45) is 4.94. The Bertz CT molecular complexity index is 3170. The highest BCUT2D eigenvalue weighted by Crippen LogP contribution is 2.32. The Kier molecular flexibility index (Phi) is 32.7. The number of sulfonamides is 1. The number of aryl methyl sites for hydroxylation is 1. The van der Waals surface area contributed by atoms with Crippen molar-refractivity contribution in [3.05, 3.63) is 136 Å². The zero-order valence-electron chi connectivity index (χ0n) is 58.5. The van der Waals surface area contributed by atoms with E-state index in [9.17, 15) is 57.3 Å². The number of anilines is 1. The average molecular weight is 1310 g/mol. The van der Waals surface area contributed by atoms with Crippen molar-refractivity contribution >= 4 is 56.4 Å². The molecule has 17 heteroatoms. The first-order valence-electron chi connectivity index (χ1n) is 34.1. The van der Waals surface area contributed by atoms with Crippen LogP contribution in [-0.2, 0) is 30.8 Å². The molecule has 1 aliphatic heterocycles. The van der Waals surface area contributed by atoms with Crippen LogP contribution in [0.3, 0.4) is 0 Å². The summed E-state index contributed by atoms with van der Waals surface area (Å²) in [7, 11) is -2.32. The molecule has 514 valence electrons. The lowest BCUT2D eigenvalue weighted by atomic mass is 9.80. The van der Waals surface area contributed by atoms with Gasteiger partial charge in [-0.25, -0.2) is 8.42 Å². The van der Waals surface area contributed by atoms with Crippen molar-refractivity contribution < 1.29 is 57.3 Å². The molecule has 0 spiro atoms. The van der Waals surface area contributed by atoms with Gasteiger partial charge < -0.3 is 30.9 Å². The van der Waals surface area contributed by atoms with Crippen LogP contribution in [0.1, 0.15) is 231 Å². The zero-order valence-corrected chi connectivity index (χ0v) is 59.3. The predicted molar refractivity (Wildman–Crippen MR) is 372 cm³/mol. The Morgan fingerprint density at radius 1 is 0.645 bits per heavy atom. The second-order valence-corrected chi connectivity index (χ2v) is 29.9. The minimum Gasteiger partial charge on any atom is -0.393 e. The van der Waals surface area contributed by atoms with E-state index in [0.29, 0.717) is 42.7 Å². The van der Waals surface area contributed by atoms with E-state index < -0.39 is 58.0 Å². The molecular weight excluding hydrogens is 1190 g/mol. The standard InChI is InChI=1S/C39H58N2O7S.C37H54N2O5/c1-24(2)16-30(37(44)18-28(8)35(42)23-34(25(3)4)39(46)40-26(5)6)22-38(45)32-19-31(20-33(21-32)41(9)49(10,47)48)36(43)17-27(7)29-14-12-11-13-15-29;1-6-12-32(40)36(33(41)17-16-25(3)4)38-24-35(43)29(21-27-13-9-8-10-14-27)23-34(42)28-19-26(5)20-30(22-28)37(44)39-18-11-15-31(39)7-2/h11-15,19-21,24-28,30,34,37,44H,16-18,22-23H2,1-10H3,(H,40,46);8-10,13-14,19-20,22,25,29,31-32,35-36,38,40,43H,6-7,11-12,15-18,21,23-24H2,1-5H3/t27?,28-,30?,34+,37+;29-,31+,32+,35-,36+/m11/s1. The van der Waals surface area contributed by atoms with Gasteiger partial charge in [0.15, 0.2) is 23.1 Å². The molecule has 0 aromatic heterocycles. The van der Waals surface area contributed by atoms with Crippen molar-refractivity contribution in [1.82, 2.24) is 15.5 Å². The highest BCUT2D eigenvalue weighted by atomic mass is 32.2. The van der Waals surface area contributed by atoms with Gasteiger partial charge in [-0.2, -0.15) is 0 Å². The van der Waals surface area contributed by atoms with Crippen molar-refractivity contribution in [3.63, 3.8) is 0 Å². The number of hydrogen-bond donors (Lipinski definition) is 5. The molecule has 2 unspecified atom stereocenters. The molecule has 1 fully saturated rings. The van der Waals surface area contributed by atoms with Crippen LogP contribution in [0, 0.1) is 48.3 Å². The summed E-state index contributed by atoms with van der Waals surface area (Å²) in [6.45, 7) is 26.1. The van der Waals surface area contributed by atoms with Crippen LogP contribution in [0.15, 0.2) is 97.1 Å². The Labute approximate surface area is 556 Å². The maximum absolute atomic E-state index is 13.9. The summed E-state index contributed by atoms with van der Waals surface area (Å²) < 4.78 is 26.0. The Hall–Kier alpha value is -6.24. The predicted octanol–water partition coefficient (Wildman–Crippen LogP) is 12.8. The number of benzene rings is 4. The topological polar surface area (TPSA) is 245 Å². The smallest absolute Gasteiger partial charge is 0.254 e. The van der Waals surface area contributed by atoms with E-state index in [-0.39, 0.29) is 126 Å². The maximum Gasteiger partial charge on any atom is 0.254 e. The number of aliphatic hydroxyl groups excluding tert-OH is 3. The third-order valence-electron chi connectivity index (χ3n) is 18.1. The average Bonchev–Trinajstić information content (AvgIpc) is 1.56. The fourth-order valence-corrected chi connectivity index (χ4v) is 12.9. The molecule has 0 saturated carbocycles. The van der Waals surface area contributed by atoms with Gasteiger partial charge in [-0.1, -0.05) is 136 Å². The van der Waals surface area contributed by atoms with Crippen molar-refractivity contribution in [2.45, 2.75) is 222 Å². The molecule has 4 aromatic rings. The highest BCUT2D eigenvalue weighted by molar-refractivity contribution is 7.92. The zero-order chi connectivity index (χ0) is 69.4. The first-order valence-corrected chi connectivity index (χ1v) is 35.9. The lowest BCUT2D eigenvalue weighted by Crippen LogP contribution is -2.49. The number of Topliss-reactive ketones (excluding diaryl/α,β-unsaturated/α-hetero) is 5. The number of aliphatic hydroxyl groups is 3. The molecular formula is C76H112N4O12S. The number of carbonyl (C=O) groups is 7. The second kappa shape index (κ2) is 38.3. The molecule has 0 aliphatic carbocycles. The lowest BCUT2D eigenvalue weighted by Gasteiger charge is -2.28. The SMILES string of the molecule is CC(C)CC(CC(=O)c1cc(C(=O)CC(C)c2ccccc2)cc(N(C)S(C)(=O)=O)c1)[C@@H](O)C[C@@H](C)C(=O)C[C@H](C(=O)NC(C)C)C(C)C.CCC[C@H](O)[C@H](NC[C@@H](O)[C@@H](CC(=O)c1cc(C)cc(C(=O)N2CCC[C@@H]2CC)c1)Cc1ccccc1)C(=O)CCC(C)C. The monoisotopic (exact) mass is 1300 g/mol. The van der Waals surface area contributed by atoms with E-state index in [0.717, 1.165) is 65.9 Å². The third kappa shape index (κ3) is 25.8. The third-order valence-corrected chi connectivity index (χ3v) is 19.3. The van der Waals surface area contributed by atoms with E-state index in [4.69, 9.17) is 0 Å². The van der Waals surface area contributed by atoms with Crippen LogP contribution in [0.2, 0.25) is 0 Å². The van der Waals surface area contributed by atoms with Gasteiger partial charge in [-0.3, -0.25) is 37.9 Å². The molecule has 1 aliphatic rings. The fourth-order valence-electron chi connectivity index (χ4n) is 12.4. The number of rotatable bonds is 38. The largest absolute Gasteiger partial charge is 0.393 e. The number of nitrogens with zero attached hydrogens (tertiary/aromatic N) is 2. The minimum absolute atomic E-state index is 0.0315. The Morgan fingerprint density at radius 3 is 1.75 bits per heavy atom. The highest BCUT2D eigenvalue weighted by Gasteiger charge is 2.34. The second-order valence-electron chi connectivity index (χ2n) is 27.9. The summed E-state index contributed by atoms with van der Waals surface area (Å²) in [4.78, 5) is 95.6. The van der Waals surface area contributed by atoms with Crippen LogP contribution in [0.5, 0.6) is 0 Å². The summed E-state index contributed by atoms with van der Waals surface area (Å²) >= 11 is 0. The summed E-state index contributed by atoms with van der Waals surface area (Å²) in [6, 6.07) is 28.6. The summed E-state index contributed by atoms with van der Waals surface area (Å²) in [5.41, 5.74) is 4.46. The van der Waals surface area contributed by atoms with E-state index in [2.05, 4.69) is 31.4 Å². The number of likely N-dealkylation sites (tertiary alicyclic amines) is 1. The fraction of sp³-hybridized carbons (Fsp3) is 0.592. The van der Waals surface area contributed by atoms with Crippen LogP contribution < -0.4 is 14.9 Å². The number of nitrogens with one attached hydrogen (secondary N) is 2. The number of ketones is 5. The minimum atomic E-state index is -3.69. The van der Waals surface area contributed by atoms with Gasteiger partial charge in [-0.05, 0) is 161 Å². The molecule has 10 atom stereocenters. The first kappa shape index (κ1) is 79.2. The molecule has 1 heterocycles. The van der Waals surface area contributed by atoms with Gasteiger partial charge in [0.2, 0.25) is 15.9 Å². The Balaban J connectivity index is 0.000000398. The lowest BCUT2D eigenvalue weighted by molar-refractivity contribution is -0.133. The number of carbonyl (C=O) groups excluding carboxylic acids is 7. The summed E-state index contributed by atoms with van der Waals surface area (Å²) in [5.74, 6) is -2.60. The summed E-state index contributed by atoms with van der Waals surface area (Å²) in [5, 5.41) is 39.7. The number of amides is 2. The van der Waals surface area contributed by atoms with Crippen molar-refractivity contribution in [2.24, 2.45) is 41.4 Å². The van der Waals surface area contributed by atoms with Gasteiger partial charge in [0.1, 0.15) is 5.78 Å². The van der Waals surface area contributed by atoms with Gasteiger partial charge >= 0.3 is 0 Å². The molecule has 2 amide bonds. The molecule has 93 heavy (non-hydrogen) atoms. The molecule has 0 bridgehead atoms. The molecule has 4 aromatic carbocycles. The normalized spacial score (nSPS) is 16.4. The van der Waals surface area contributed by atoms with E-state index in [1.54, 1.807) is 13.0 Å². The molecule has 5 N–H and O–H groups in total. The number of hydrogen-bond acceptors (Lipinski definition) is 13. The van der Waals surface area contributed by atoms with Gasteiger partial charge in [-0.15, -0.1) is 0 Å². The molecule has 5 rings (SSSR count). The van der Waals surface area contributed by atoms with Crippen LogP contribution in [-0.4, -0.2) is 132 Å². The van der Waals surface area contributed by atoms with E-state index in [1.165, 1.54) is 25.2 Å². The van der Waals surface area contributed by atoms with Crippen molar-refractivity contribution in [3.8, 4) is 0 Å². The maximum atomic E-state index is 13.9. The molecule has 1 saturated heterocycles. The van der Waals surface area contributed by atoms with Crippen molar-refractivity contribution in [2.75, 3.05) is 30.7 Å². The van der Waals surface area contributed by atoms with Crippen LogP contribution in [0.25, 0.3) is 0 Å². The molecule has 16 nitrogen and oxygen atoms in total. The van der Waals surface area contributed by atoms with Gasteiger partial charge in [0.25, 0.3) is 5.91 Å². The van der Waals surface area contributed by atoms with E-state index in [1.807, 2.05) is 140 Å². The van der Waals surface area contributed by atoms with Crippen LogP contribution >= 0.6 is 0 Å². The van der Waals surface area contributed by atoms with Gasteiger partial charge in [0.05, 0.1) is 36.3 Å². The molecule has 0 radical (unpaired) electrons. The van der Waals surface area contributed by atoms with Gasteiger partial charge in [0, 0.05) is 98.4 Å². The first-order chi connectivity index (χ1) is 43.7. The quantitative estimate of drug-likeness (QED) is 0.0263. The van der Waals surface area contributed by atoms with Crippen molar-refractivity contribution in [1.29, 1.82) is 0 Å². The Morgan fingerprint density at radius 2 is 1.20 bits per heavy atom.